The molecule has 0 aromatic heterocycles. The highest BCUT2D eigenvalue weighted by molar-refractivity contribution is 7.89. The zero-order valence-electron chi connectivity index (χ0n) is 17.9. The van der Waals surface area contributed by atoms with E-state index < -0.39 is 10.0 Å². The third kappa shape index (κ3) is 5.60. The average molecular weight is 437 g/mol. The predicted molar refractivity (Wildman–Crippen MR) is 123 cm³/mol. The smallest absolute Gasteiger partial charge is 0.251 e. The van der Waals surface area contributed by atoms with E-state index in [0.29, 0.717) is 12.1 Å². The monoisotopic (exact) mass is 436 g/mol. The molecule has 1 atom stereocenters. The Morgan fingerprint density at radius 1 is 0.871 bits per heavy atom. The zero-order valence-corrected chi connectivity index (χ0v) is 18.7. The van der Waals surface area contributed by atoms with Crippen molar-refractivity contribution in [1.29, 1.82) is 0 Å². The van der Waals surface area contributed by atoms with Gasteiger partial charge in [0, 0.05) is 18.7 Å². The summed E-state index contributed by atoms with van der Waals surface area (Å²) in [6, 6.07) is 25.3. The standard InChI is InChI=1S/C25H28N2O3S/c1-3-24(21-11-7-5-8-12-21)26-25(28)22-17-15-20(16-18-22)19-27(4-2)31(29,30)23-13-9-6-10-14-23/h5-18,24H,3-4,19H2,1-2H3,(H,26,28)/t24-/m0/s1. The molecule has 1 N–H and O–H groups in total. The Kier molecular flexibility index (Phi) is 7.60. The van der Waals surface area contributed by atoms with Crippen molar-refractivity contribution < 1.29 is 13.2 Å². The summed E-state index contributed by atoms with van der Waals surface area (Å²) in [5.74, 6) is -0.147. The van der Waals surface area contributed by atoms with Gasteiger partial charge in [-0.3, -0.25) is 4.79 Å². The summed E-state index contributed by atoms with van der Waals surface area (Å²) in [4.78, 5) is 13.0. The van der Waals surface area contributed by atoms with Crippen LogP contribution in [0, 0.1) is 0 Å². The normalized spacial score (nSPS) is 12.5. The second kappa shape index (κ2) is 10.4. The van der Waals surface area contributed by atoms with Gasteiger partial charge in [0.05, 0.1) is 10.9 Å². The van der Waals surface area contributed by atoms with Crippen LogP contribution >= 0.6 is 0 Å². The summed E-state index contributed by atoms with van der Waals surface area (Å²) in [5.41, 5.74) is 2.44. The van der Waals surface area contributed by atoms with Crippen LogP contribution in [-0.4, -0.2) is 25.2 Å². The molecule has 1 amide bonds. The van der Waals surface area contributed by atoms with Gasteiger partial charge in [-0.25, -0.2) is 8.42 Å². The maximum atomic E-state index is 12.9. The van der Waals surface area contributed by atoms with E-state index in [0.717, 1.165) is 17.5 Å². The molecule has 0 fully saturated rings. The quantitative estimate of drug-likeness (QED) is 0.525. The van der Waals surface area contributed by atoms with Gasteiger partial charge in [-0.1, -0.05) is 74.5 Å². The highest BCUT2D eigenvalue weighted by atomic mass is 32.2. The Balaban J connectivity index is 1.70. The van der Waals surface area contributed by atoms with Crippen molar-refractivity contribution in [2.45, 2.75) is 37.8 Å². The molecule has 0 spiro atoms. The molecule has 0 aliphatic carbocycles. The van der Waals surface area contributed by atoms with Gasteiger partial charge in [-0.2, -0.15) is 4.31 Å². The lowest BCUT2D eigenvalue weighted by atomic mass is 10.0. The highest BCUT2D eigenvalue weighted by Gasteiger charge is 2.23. The number of carbonyl (C=O) groups is 1. The van der Waals surface area contributed by atoms with Crippen LogP contribution in [0.2, 0.25) is 0 Å². The van der Waals surface area contributed by atoms with E-state index in [-0.39, 0.29) is 23.4 Å². The van der Waals surface area contributed by atoms with Gasteiger partial charge in [-0.05, 0) is 41.8 Å². The van der Waals surface area contributed by atoms with E-state index in [4.69, 9.17) is 0 Å². The Morgan fingerprint density at radius 3 is 2.00 bits per heavy atom. The molecule has 3 rings (SSSR count). The number of amides is 1. The molecular weight excluding hydrogens is 408 g/mol. The second-order valence-corrected chi connectivity index (χ2v) is 9.22. The molecule has 0 aliphatic heterocycles. The Hall–Kier alpha value is -2.96. The molecule has 0 bridgehead atoms. The lowest BCUT2D eigenvalue weighted by Gasteiger charge is -2.21. The Bertz CT molecular complexity index is 1080. The van der Waals surface area contributed by atoms with Gasteiger partial charge in [0.1, 0.15) is 0 Å². The SMILES string of the molecule is CC[C@H](NC(=O)c1ccc(CN(CC)S(=O)(=O)c2ccccc2)cc1)c1ccccc1. The number of rotatable bonds is 9. The fourth-order valence-electron chi connectivity index (χ4n) is 3.42. The van der Waals surface area contributed by atoms with Crippen LogP contribution in [0.15, 0.2) is 89.8 Å². The third-order valence-electron chi connectivity index (χ3n) is 5.22. The molecule has 6 heteroatoms. The maximum absolute atomic E-state index is 12.9. The molecule has 3 aromatic carbocycles. The van der Waals surface area contributed by atoms with Crippen LogP contribution in [0.3, 0.4) is 0 Å². The minimum Gasteiger partial charge on any atom is -0.345 e. The van der Waals surface area contributed by atoms with Crippen molar-refractivity contribution >= 4 is 15.9 Å². The molecule has 3 aromatic rings. The molecule has 0 saturated heterocycles. The lowest BCUT2D eigenvalue weighted by molar-refractivity contribution is 0.0935. The van der Waals surface area contributed by atoms with Gasteiger partial charge >= 0.3 is 0 Å². The Morgan fingerprint density at radius 2 is 1.45 bits per heavy atom. The van der Waals surface area contributed by atoms with E-state index in [9.17, 15) is 13.2 Å². The van der Waals surface area contributed by atoms with Crippen molar-refractivity contribution in [3.8, 4) is 0 Å². The number of sulfonamides is 1. The summed E-state index contributed by atoms with van der Waals surface area (Å²) < 4.78 is 27.2. The van der Waals surface area contributed by atoms with E-state index >= 15 is 0 Å². The molecule has 5 nitrogen and oxygen atoms in total. The molecule has 0 radical (unpaired) electrons. The van der Waals surface area contributed by atoms with Gasteiger partial charge in [-0.15, -0.1) is 0 Å². The number of hydrogen-bond acceptors (Lipinski definition) is 3. The Labute approximate surface area is 184 Å². The first-order chi connectivity index (χ1) is 15.0. The first-order valence-corrected chi connectivity index (χ1v) is 11.9. The molecule has 162 valence electrons. The van der Waals surface area contributed by atoms with Crippen molar-refractivity contribution in [3.63, 3.8) is 0 Å². The molecule has 0 aliphatic rings. The fourth-order valence-corrected chi connectivity index (χ4v) is 4.88. The average Bonchev–Trinajstić information content (AvgIpc) is 2.82. The summed E-state index contributed by atoms with van der Waals surface area (Å²) in [6.45, 7) is 4.45. The van der Waals surface area contributed by atoms with Gasteiger partial charge < -0.3 is 5.32 Å². The maximum Gasteiger partial charge on any atom is 0.251 e. The minimum absolute atomic E-state index is 0.0556. The first kappa shape index (κ1) is 22.7. The number of hydrogen-bond donors (Lipinski definition) is 1. The summed E-state index contributed by atoms with van der Waals surface area (Å²) >= 11 is 0. The van der Waals surface area contributed by atoms with Crippen molar-refractivity contribution in [3.05, 3.63) is 102 Å². The van der Waals surface area contributed by atoms with E-state index in [1.807, 2.05) is 56.3 Å². The first-order valence-electron chi connectivity index (χ1n) is 10.5. The van der Waals surface area contributed by atoms with Gasteiger partial charge in [0.2, 0.25) is 10.0 Å². The fraction of sp³-hybridized carbons (Fsp3) is 0.240. The van der Waals surface area contributed by atoms with Crippen molar-refractivity contribution in [2.75, 3.05) is 6.54 Å². The van der Waals surface area contributed by atoms with E-state index in [1.54, 1.807) is 42.5 Å². The van der Waals surface area contributed by atoms with Crippen LogP contribution in [0.1, 0.15) is 47.8 Å². The molecular formula is C25H28N2O3S. The van der Waals surface area contributed by atoms with Crippen LogP contribution in [0.5, 0.6) is 0 Å². The van der Waals surface area contributed by atoms with Crippen LogP contribution in [0.4, 0.5) is 0 Å². The summed E-state index contributed by atoms with van der Waals surface area (Å²) in [5, 5.41) is 3.07. The lowest BCUT2D eigenvalue weighted by Crippen LogP contribution is -2.30. The van der Waals surface area contributed by atoms with Crippen LogP contribution < -0.4 is 5.32 Å². The topological polar surface area (TPSA) is 66.5 Å². The molecule has 0 saturated carbocycles. The van der Waals surface area contributed by atoms with E-state index in [1.165, 1.54) is 4.31 Å². The van der Waals surface area contributed by atoms with Crippen molar-refractivity contribution in [2.24, 2.45) is 0 Å². The van der Waals surface area contributed by atoms with Crippen LogP contribution in [0.25, 0.3) is 0 Å². The van der Waals surface area contributed by atoms with Gasteiger partial charge in [0.25, 0.3) is 5.91 Å². The minimum atomic E-state index is -3.57. The number of nitrogens with zero attached hydrogens (tertiary/aromatic N) is 1. The van der Waals surface area contributed by atoms with Crippen LogP contribution in [-0.2, 0) is 16.6 Å². The molecule has 0 unspecified atom stereocenters. The number of benzene rings is 3. The van der Waals surface area contributed by atoms with E-state index in [2.05, 4.69) is 5.32 Å². The summed E-state index contributed by atoms with van der Waals surface area (Å²) in [7, 11) is -3.57. The second-order valence-electron chi connectivity index (χ2n) is 7.29. The van der Waals surface area contributed by atoms with Gasteiger partial charge in [0.15, 0.2) is 0 Å². The number of carbonyl (C=O) groups excluding carboxylic acids is 1. The molecule has 31 heavy (non-hydrogen) atoms. The number of nitrogens with one attached hydrogen (secondary N) is 1. The highest BCUT2D eigenvalue weighted by Crippen LogP contribution is 2.19. The summed E-state index contributed by atoms with van der Waals surface area (Å²) in [6.07, 6.45) is 0.788. The predicted octanol–water partition coefficient (Wildman–Crippen LogP) is 4.78. The molecule has 0 heterocycles. The third-order valence-corrected chi connectivity index (χ3v) is 7.16. The zero-order chi connectivity index (χ0) is 22.3. The van der Waals surface area contributed by atoms with Crippen molar-refractivity contribution in [1.82, 2.24) is 9.62 Å². The largest absolute Gasteiger partial charge is 0.345 e.